The lowest BCUT2D eigenvalue weighted by Gasteiger charge is -2.04. The molecule has 0 aliphatic carbocycles. The number of fused-ring (bicyclic) bond motifs is 1. The van der Waals surface area contributed by atoms with Gasteiger partial charge in [0.25, 0.3) is 5.91 Å². The quantitative estimate of drug-likeness (QED) is 0.770. The Labute approximate surface area is 119 Å². The number of rotatable bonds is 3. The normalized spacial score (nSPS) is 10.5. The van der Waals surface area contributed by atoms with E-state index in [0.29, 0.717) is 10.9 Å². The zero-order valence-corrected chi connectivity index (χ0v) is 10.7. The minimum atomic E-state index is -1.27. The molecule has 0 atom stereocenters. The maximum Gasteiger partial charge on any atom is 0.374 e. The fourth-order valence-electron chi connectivity index (χ4n) is 1.98. The first-order valence-electron chi connectivity index (χ1n) is 6.14. The first-order chi connectivity index (χ1) is 10.2. The number of hydrogen-bond acceptors (Lipinski definition) is 4. The summed E-state index contributed by atoms with van der Waals surface area (Å²) in [5.74, 6) is -2.02. The standard InChI is InChI=1S/C15H10N2O4/c18-13(9-5-2-1-3-6-9)17-11-10-7-4-8-16-14(10)21-12(11)15(19)20/h1-8H,(H,17,18)(H,19,20). The van der Waals surface area contributed by atoms with Crippen molar-refractivity contribution in [2.45, 2.75) is 0 Å². The van der Waals surface area contributed by atoms with E-state index in [-0.39, 0.29) is 17.2 Å². The summed E-state index contributed by atoms with van der Waals surface area (Å²) in [6.45, 7) is 0. The van der Waals surface area contributed by atoms with E-state index in [1.54, 1.807) is 42.5 Å². The van der Waals surface area contributed by atoms with Crippen LogP contribution in [-0.4, -0.2) is 22.0 Å². The molecule has 0 saturated carbocycles. The van der Waals surface area contributed by atoms with Crippen molar-refractivity contribution in [3.05, 3.63) is 60.0 Å². The lowest BCUT2D eigenvalue weighted by molar-refractivity contribution is 0.0666. The van der Waals surface area contributed by atoms with Gasteiger partial charge in [-0.05, 0) is 24.3 Å². The van der Waals surface area contributed by atoms with Gasteiger partial charge in [0.05, 0.1) is 5.39 Å². The first kappa shape index (κ1) is 12.9. The van der Waals surface area contributed by atoms with E-state index in [9.17, 15) is 14.7 Å². The van der Waals surface area contributed by atoms with Crippen LogP contribution in [0.4, 0.5) is 5.69 Å². The first-order valence-corrected chi connectivity index (χ1v) is 6.14. The molecule has 1 amide bonds. The van der Waals surface area contributed by atoms with Crippen molar-refractivity contribution in [1.29, 1.82) is 0 Å². The molecule has 1 aromatic carbocycles. The summed E-state index contributed by atoms with van der Waals surface area (Å²) in [6, 6.07) is 11.8. The van der Waals surface area contributed by atoms with E-state index in [4.69, 9.17) is 4.42 Å². The molecule has 0 bridgehead atoms. The van der Waals surface area contributed by atoms with Gasteiger partial charge in [0.15, 0.2) is 0 Å². The van der Waals surface area contributed by atoms with Gasteiger partial charge < -0.3 is 14.8 Å². The minimum absolute atomic E-state index is 0.111. The van der Waals surface area contributed by atoms with Crippen molar-refractivity contribution < 1.29 is 19.1 Å². The number of carboxylic acid groups (broad SMARTS) is 1. The summed E-state index contributed by atoms with van der Waals surface area (Å²) < 4.78 is 5.17. The fourth-order valence-corrected chi connectivity index (χ4v) is 1.98. The van der Waals surface area contributed by atoms with Gasteiger partial charge in [-0.25, -0.2) is 9.78 Å². The van der Waals surface area contributed by atoms with Crippen LogP contribution in [0.2, 0.25) is 0 Å². The van der Waals surface area contributed by atoms with E-state index in [0.717, 1.165) is 0 Å². The van der Waals surface area contributed by atoms with Gasteiger partial charge >= 0.3 is 5.97 Å². The molecule has 21 heavy (non-hydrogen) atoms. The van der Waals surface area contributed by atoms with E-state index < -0.39 is 11.9 Å². The zero-order valence-electron chi connectivity index (χ0n) is 10.7. The molecule has 2 heterocycles. The van der Waals surface area contributed by atoms with Gasteiger partial charge in [0, 0.05) is 11.8 Å². The smallest absolute Gasteiger partial charge is 0.374 e. The average Bonchev–Trinajstić information content (AvgIpc) is 2.87. The number of amides is 1. The maximum absolute atomic E-state index is 12.2. The summed E-state index contributed by atoms with van der Waals surface area (Å²) in [6.07, 6.45) is 1.49. The predicted molar refractivity (Wildman–Crippen MR) is 75.4 cm³/mol. The second-order valence-electron chi connectivity index (χ2n) is 4.29. The molecule has 0 radical (unpaired) electrons. The second kappa shape index (κ2) is 5.09. The van der Waals surface area contributed by atoms with Crippen LogP contribution in [0.25, 0.3) is 11.1 Å². The molecule has 104 valence electrons. The van der Waals surface area contributed by atoms with Crippen LogP contribution in [0.1, 0.15) is 20.9 Å². The highest BCUT2D eigenvalue weighted by atomic mass is 16.4. The van der Waals surface area contributed by atoms with Gasteiger partial charge in [0.2, 0.25) is 11.5 Å². The largest absolute Gasteiger partial charge is 0.475 e. The third-order valence-electron chi connectivity index (χ3n) is 2.94. The Balaban J connectivity index is 2.05. The van der Waals surface area contributed by atoms with Crippen LogP contribution >= 0.6 is 0 Å². The highest BCUT2D eigenvalue weighted by Gasteiger charge is 2.22. The number of anilines is 1. The van der Waals surface area contributed by atoms with E-state index in [2.05, 4.69) is 10.3 Å². The molecule has 0 aliphatic heterocycles. The van der Waals surface area contributed by atoms with Crippen LogP contribution in [0.5, 0.6) is 0 Å². The molecule has 6 heteroatoms. The third kappa shape index (κ3) is 2.34. The number of carbonyl (C=O) groups excluding carboxylic acids is 1. The Bertz CT molecular complexity index is 824. The van der Waals surface area contributed by atoms with Crippen molar-refractivity contribution in [3.63, 3.8) is 0 Å². The Hall–Kier alpha value is -3.15. The van der Waals surface area contributed by atoms with Crippen LogP contribution in [0.3, 0.4) is 0 Å². The number of benzene rings is 1. The number of aromatic carboxylic acids is 1. The lowest BCUT2D eigenvalue weighted by atomic mass is 10.2. The van der Waals surface area contributed by atoms with E-state index >= 15 is 0 Å². The topological polar surface area (TPSA) is 92.4 Å². The Morgan fingerprint density at radius 3 is 2.57 bits per heavy atom. The molecule has 0 saturated heterocycles. The summed E-state index contributed by atoms with van der Waals surface area (Å²) in [7, 11) is 0. The number of pyridine rings is 1. The SMILES string of the molecule is O=C(Nc1c(C(=O)O)oc2ncccc12)c1ccccc1. The molecular weight excluding hydrogens is 272 g/mol. The molecule has 2 aromatic heterocycles. The molecule has 3 rings (SSSR count). The lowest BCUT2D eigenvalue weighted by Crippen LogP contribution is -2.13. The number of furan rings is 1. The number of carbonyl (C=O) groups is 2. The van der Waals surface area contributed by atoms with Crippen molar-refractivity contribution in [2.24, 2.45) is 0 Å². The highest BCUT2D eigenvalue weighted by molar-refractivity contribution is 6.12. The molecule has 0 fully saturated rings. The molecule has 3 aromatic rings. The highest BCUT2D eigenvalue weighted by Crippen LogP contribution is 2.29. The summed E-state index contributed by atoms with van der Waals surface area (Å²) >= 11 is 0. The van der Waals surface area contributed by atoms with Crippen LogP contribution in [0, 0.1) is 0 Å². The Kier molecular flexibility index (Phi) is 3.12. The molecule has 0 spiro atoms. The Morgan fingerprint density at radius 2 is 1.86 bits per heavy atom. The zero-order chi connectivity index (χ0) is 14.8. The number of nitrogens with zero attached hydrogens (tertiary/aromatic N) is 1. The van der Waals surface area contributed by atoms with Crippen molar-refractivity contribution in [1.82, 2.24) is 4.98 Å². The molecular formula is C15H10N2O4. The average molecular weight is 282 g/mol. The van der Waals surface area contributed by atoms with Gasteiger partial charge in [-0.15, -0.1) is 0 Å². The maximum atomic E-state index is 12.2. The number of carboxylic acids is 1. The summed E-state index contributed by atoms with van der Waals surface area (Å²) in [5.41, 5.74) is 0.699. The molecule has 0 aliphatic rings. The van der Waals surface area contributed by atoms with Crippen LogP contribution < -0.4 is 5.32 Å². The van der Waals surface area contributed by atoms with Gasteiger partial charge in [-0.1, -0.05) is 18.2 Å². The number of nitrogens with one attached hydrogen (secondary N) is 1. The van der Waals surface area contributed by atoms with Gasteiger partial charge in [0.1, 0.15) is 5.69 Å². The predicted octanol–water partition coefficient (Wildman–Crippen LogP) is 2.78. The monoisotopic (exact) mass is 282 g/mol. The van der Waals surface area contributed by atoms with Gasteiger partial charge in [-0.2, -0.15) is 0 Å². The van der Waals surface area contributed by atoms with Crippen LogP contribution in [0.15, 0.2) is 53.1 Å². The summed E-state index contributed by atoms with van der Waals surface area (Å²) in [5, 5.41) is 12.2. The van der Waals surface area contributed by atoms with Crippen molar-refractivity contribution in [2.75, 3.05) is 5.32 Å². The summed E-state index contributed by atoms with van der Waals surface area (Å²) in [4.78, 5) is 27.3. The molecule has 0 unspecified atom stereocenters. The molecule has 2 N–H and O–H groups in total. The minimum Gasteiger partial charge on any atom is -0.475 e. The second-order valence-corrected chi connectivity index (χ2v) is 4.29. The van der Waals surface area contributed by atoms with Crippen molar-refractivity contribution in [3.8, 4) is 0 Å². The van der Waals surface area contributed by atoms with Crippen LogP contribution in [-0.2, 0) is 0 Å². The number of aromatic nitrogens is 1. The third-order valence-corrected chi connectivity index (χ3v) is 2.94. The van der Waals surface area contributed by atoms with E-state index in [1.165, 1.54) is 6.20 Å². The Morgan fingerprint density at radius 1 is 1.10 bits per heavy atom. The van der Waals surface area contributed by atoms with Gasteiger partial charge in [-0.3, -0.25) is 4.79 Å². The van der Waals surface area contributed by atoms with E-state index in [1.807, 2.05) is 0 Å². The number of hydrogen-bond donors (Lipinski definition) is 2. The fraction of sp³-hybridized carbons (Fsp3) is 0. The molecule has 6 nitrogen and oxygen atoms in total. The van der Waals surface area contributed by atoms with Crippen molar-refractivity contribution >= 4 is 28.7 Å².